The molecule has 0 aliphatic carbocycles. The summed E-state index contributed by atoms with van der Waals surface area (Å²) in [7, 11) is 0. The molecule has 0 spiro atoms. The molecule has 14 heteroatoms. The molecule has 0 bridgehead atoms. The van der Waals surface area contributed by atoms with Crippen LogP contribution in [0.15, 0.2) is 11.1 Å². The molecule has 9 N–H and O–H groups in total. The molecule has 2 aromatic heterocycles. The molecule has 14 nitrogen and oxygen atoms in total. The summed E-state index contributed by atoms with van der Waals surface area (Å²) in [6.07, 6.45) is -9.66. The van der Waals surface area contributed by atoms with Gasteiger partial charge in [-0.05, 0) is 0 Å². The third-order valence-corrected chi connectivity index (χ3v) is 5.40. The van der Waals surface area contributed by atoms with Crippen molar-refractivity contribution in [3.05, 3.63) is 16.7 Å². The number of hydrogen-bond donors (Lipinski definition) is 8. The molecule has 2 aromatic rings. The molecule has 4 heterocycles. The summed E-state index contributed by atoms with van der Waals surface area (Å²) in [5, 5.41) is 61.0. The minimum Gasteiger partial charge on any atom is -0.394 e. The van der Waals surface area contributed by atoms with Crippen molar-refractivity contribution >= 4 is 17.1 Å². The lowest BCUT2D eigenvalue weighted by Gasteiger charge is -2.39. The average molecular weight is 415 g/mol. The van der Waals surface area contributed by atoms with Gasteiger partial charge in [-0.15, -0.1) is 0 Å². The summed E-state index contributed by atoms with van der Waals surface area (Å²) in [4.78, 5) is 22.3. The minimum atomic E-state index is -2.17. The zero-order valence-corrected chi connectivity index (χ0v) is 14.9. The highest BCUT2D eigenvalue weighted by molar-refractivity contribution is 5.71. The van der Waals surface area contributed by atoms with Crippen molar-refractivity contribution in [1.82, 2.24) is 19.5 Å². The van der Waals surface area contributed by atoms with Crippen molar-refractivity contribution in [3.8, 4) is 0 Å². The molecule has 29 heavy (non-hydrogen) atoms. The number of aliphatic hydroxyl groups is 6. The quantitative estimate of drug-likeness (QED) is 0.234. The van der Waals surface area contributed by atoms with Crippen molar-refractivity contribution in [2.75, 3.05) is 18.9 Å². The third-order valence-electron chi connectivity index (χ3n) is 5.40. The second-order valence-electron chi connectivity index (χ2n) is 7.02. The van der Waals surface area contributed by atoms with Gasteiger partial charge in [0.25, 0.3) is 5.56 Å². The van der Waals surface area contributed by atoms with Crippen molar-refractivity contribution in [2.45, 2.75) is 48.5 Å². The van der Waals surface area contributed by atoms with E-state index in [1.165, 1.54) is 0 Å². The molecular weight excluding hydrogens is 394 g/mol. The molecule has 0 saturated carbocycles. The number of nitrogens with zero attached hydrogens (tertiary/aromatic N) is 3. The average Bonchev–Trinajstić information content (AvgIpc) is 3.32. The zero-order chi connectivity index (χ0) is 21.1. The first-order valence-electron chi connectivity index (χ1n) is 8.76. The maximum absolute atomic E-state index is 12.1. The number of aliphatic hydroxyl groups excluding tert-OH is 6. The predicted octanol–water partition coefficient (Wildman–Crippen LogP) is -5.05. The Kier molecular flexibility index (Phi) is 4.83. The monoisotopic (exact) mass is 415 g/mol. The molecule has 0 amide bonds. The van der Waals surface area contributed by atoms with E-state index in [2.05, 4.69) is 15.0 Å². The summed E-state index contributed by atoms with van der Waals surface area (Å²) < 4.78 is 12.4. The van der Waals surface area contributed by atoms with Gasteiger partial charge in [0.1, 0.15) is 42.7 Å². The van der Waals surface area contributed by atoms with Gasteiger partial charge in [0.05, 0.1) is 19.5 Å². The lowest BCUT2D eigenvalue weighted by atomic mass is 9.92. The molecular formula is C15H21N5O9. The first kappa shape index (κ1) is 20.1. The van der Waals surface area contributed by atoms with Gasteiger partial charge in [-0.1, -0.05) is 0 Å². The standard InChI is InChI=1S/C15H21N5O9/c16-14-18-12-6(13(27)19-14)17-3-20(12)15(10(26)8(24)5(2-22)29-15)11-9(25)7(23)4(1-21)28-11/h3-5,7-11,21-26H,1-2H2,(H3,16,18,19,27)/t4-,5-,7-,8-,9-,10-,11?,15+/m1/s1. The van der Waals surface area contributed by atoms with Crippen LogP contribution in [0.3, 0.4) is 0 Å². The largest absolute Gasteiger partial charge is 0.394 e. The first-order valence-corrected chi connectivity index (χ1v) is 8.76. The number of aromatic amines is 1. The number of fused-ring (bicyclic) bond motifs is 1. The molecule has 2 fully saturated rings. The topological polar surface area (TPSA) is 229 Å². The fraction of sp³-hybridized carbons (Fsp3) is 0.667. The number of H-pyrrole nitrogens is 1. The van der Waals surface area contributed by atoms with Gasteiger partial charge >= 0.3 is 0 Å². The Hall–Kier alpha value is -2.17. The summed E-state index contributed by atoms with van der Waals surface area (Å²) in [6, 6.07) is 0. The lowest BCUT2D eigenvalue weighted by molar-refractivity contribution is -0.231. The molecule has 0 radical (unpaired) electrons. The van der Waals surface area contributed by atoms with Crippen LogP contribution in [0.1, 0.15) is 0 Å². The molecule has 4 rings (SSSR count). The Balaban J connectivity index is 1.95. The SMILES string of the molecule is Nc1nc2c(ncn2[C@]2(C3O[C@H](CO)[C@@H](O)[C@H]3O)O[C@H](CO)[C@@H](O)[C@H]2O)c(=O)[nH]1. The van der Waals surface area contributed by atoms with Crippen molar-refractivity contribution in [1.29, 1.82) is 0 Å². The Labute approximate surface area is 161 Å². The molecule has 0 aromatic carbocycles. The van der Waals surface area contributed by atoms with E-state index in [9.17, 15) is 35.4 Å². The summed E-state index contributed by atoms with van der Waals surface area (Å²) in [5.41, 5.74) is 2.41. The van der Waals surface area contributed by atoms with E-state index in [1.807, 2.05) is 0 Å². The number of nitrogen functional groups attached to an aromatic ring is 1. The first-order chi connectivity index (χ1) is 13.8. The fourth-order valence-electron chi connectivity index (χ4n) is 3.97. The number of nitrogens with one attached hydrogen (secondary N) is 1. The highest BCUT2D eigenvalue weighted by Crippen LogP contribution is 2.45. The fourth-order valence-corrected chi connectivity index (χ4v) is 3.97. The zero-order valence-electron chi connectivity index (χ0n) is 14.9. The highest BCUT2D eigenvalue weighted by atomic mass is 16.6. The minimum absolute atomic E-state index is 0.158. The van der Waals surface area contributed by atoms with E-state index >= 15 is 0 Å². The number of anilines is 1. The van der Waals surface area contributed by atoms with E-state index in [4.69, 9.17) is 15.2 Å². The molecule has 2 saturated heterocycles. The van der Waals surface area contributed by atoms with Crippen LogP contribution in [-0.4, -0.2) is 106 Å². The number of rotatable bonds is 4. The van der Waals surface area contributed by atoms with Crippen LogP contribution in [0.25, 0.3) is 11.2 Å². The van der Waals surface area contributed by atoms with Crippen molar-refractivity contribution < 1.29 is 40.1 Å². The van der Waals surface area contributed by atoms with Gasteiger partial charge in [-0.2, -0.15) is 4.98 Å². The van der Waals surface area contributed by atoms with E-state index in [1.54, 1.807) is 0 Å². The Morgan fingerprint density at radius 3 is 2.41 bits per heavy atom. The van der Waals surface area contributed by atoms with Gasteiger partial charge in [0, 0.05) is 0 Å². The maximum atomic E-state index is 12.1. The van der Waals surface area contributed by atoms with Gasteiger partial charge < -0.3 is 45.8 Å². The number of hydrogen-bond acceptors (Lipinski definition) is 12. The molecule has 2 aliphatic rings. The number of imidazole rings is 1. The predicted molar refractivity (Wildman–Crippen MR) is 92.3 cm³/mol. The summed E-state index contributed by atoms with van der Waals surface area (Å²) >= 11 is 0. The van der Waals surface area contributed by atoms with E-state index < -0.39 is 67.2 Å². The van der Waals surface area contributed by atoms with Crippen LogP contribution in [0.5, 0.6) is 0 Å². The van der Waals surface area contributed by atoms with Crippen LogP contribution >= 0.6 is 0 Å². The smallest absolute Gasteiger partial charge is 0.280 e. The maximum Gasteiger partial charge on any atom is 0.280 e. The van der Waals surface area contributed by atoms with Crippen LogP contribution in [0.4, 0.5) is 5.95 Å². The van der Waals surface area contributed by atoms with Gasteiger partial charge in [0.2, 0.25) is 11.7 Å². The number of ether oxygens (including phenoxy) is 2. The van der Waals surface area contributed by atoms with Crippen LogP contribution in [-0.2, 0) is 15.2 Å². The van der Waals surface area contributed by atoms with E-state index in [0.717, 1.165) is 10.9 Å². The van der Waals surface area contributed by atoms with E-state index in [-0.39, 0.29) is 17.1 Å². The number of aromatic nitrogens is 4. The van der Waals surface area contributed by atoms with Crippen molar-refractivity contribution in [3.63, 3.8) is 0 Å². The lowest BCUT2D eigenvalue weighted by Crippen LogP contribution is -2.58. The Bertz CT molecular complexity index is 965. The Morgan fingerprint density at radius 2 is 1.83 bits per heavy atom. The van der Waals surface area contributed by atoms with Crippen LogP contribution in [0, 0.1) is 0 Å². The Morgan fingerprint density at radius 1 is 1.14 bits per heavy atom. The van der Waals surface area contributed by atoms with Gasteiger partial charge in [-0.3, -0.25) is 14.3 Å². The van der Waals surface area contributed by atoms with Gasteiger partial charge in [0.15, 0.2) is 11.2 Å². The highest BCUT2D eigenvalue weighted by Gasteiger charge is 2.66. The molecule has 160 valence electrons. The van der Waals surface area contributed by atoms with E-state index in [0.29, 0.717) is 0 Å². The summed E-state index contributed by atoms with van der Waals surface area (Å²) in [6.45, 7) is -1.35. The molecule has 2 aliphatic heterocycles. The van der Waals surface area contributed by atoms with Gasteiger partial charge in [-0.25, -0.2) is 4.98 Å². The molecule has 1 unspecified atom stereocenters. The normalized spacial score (nSPS) is 40.1. The number of nitrogens with two attached hydrogens (primary N) is 1. The van der Waals surface area contributed by atoms with Crippen LogP contribution < -0.4 is 11.3 Å². The third kappa shape index (κ3) is 2.69. The van der Waals surface area contributed by atoms with Crippen LogP contribution in [0.2, 0.25) is 0 Å². The summed E-state index contributed by atoms with van der Waals surface area (Å²) in [5.74, 6) is -0.271. The van der Waals surface area contributed by atoms with Crippen molar-refractivity contribution in [2.24, 2.45) is 0 Å². The second kappa shape index (κ2) is 6.96. The molecule has 8 atom stereocenters. The second-order valence-corrected chi connectivity index (χ2v) is 7.02.